The normalized spacial score (nSPS) is 13.6. The van der Waals surface area contributed by atoms with Gasteiger partial charge in [0.25, 0.3) is 0 Å². The lowest BCUT2D eigenvalue weighted by atomic mass is 10.1. The number of hydrogen-bond acceptors (Lipinski definition) is 5. The molecule has 0 unspecified atom stereocenters. The highest BCUT2D eigenvalue weighted by molar-refractivity contribution is 7.33. The molecular formula is C8H21N2O3P. The Hall–Kier alpha value is 0.0700. The Kier molecular flexibility index (Phi) is 5.26. The Labute approximate surface area is 86.1 Å². The molecule has 4 N–H and O–H groups in total. The summed E-state index contributed by atoms with van der Waals surface area (Å²) in [5.41, 5.74) is 9.60. The molecule has 0 aromatic carbocycles. The number of rotatable bonds is 6. The summed E-state index contributed by atoms with van der Waals surface area (Å²) in [6, 6.07) is 0. The van der Waals surface area contributed by atoms with Crippen LogP contribution < -0.4 is 11.5 Å². The van der Waals surface area contributed by atoms with E-state index in [0.29, 0.717) is 0 Å². The van der Waals surface area contributed by atoms with E-state index in [0.717, 1.165) is 0 Å². The first kappa shape index (κ1) is 14.1. The van der Waals surface area contributed by atoms with Crippen molar-refractivity contribution < 1.29 is 13.6 Å². The van der Waals surface area contributed by atoms with E-state index >= 15 is 0 Å². The van der Waals surface area contributed by atoms with E-state index < -0.39 is 19.5 Å². The zero-order valence-corrected chi connectivity index (χ0v) is 10.3. The fourth-order valence-electron chi connectivity index (χ4n) is 0.555. The second-order valence-electron chi connectivity index (χ2n) is 4.38. The molecule has 0 aliphatic carbocycles. The Bertz CT molecular complexity index is 187. The standard InChI is InChI=1S/C8H21N2O3P/c1-7(2,5-9)12-14(11)13-8(3,4)6-10/h14H,5-6,9-10H2,1-4H3. The molecular weight excluding hydrogens is 203 g/mol. The van der Waals surface area contributed by atoms with E-state index in [-0.39, 0.29) is 13.1 Å². The molecule has 5 nitrogen and oxygen atoms in total. The monoisotopic (exact) mass is 224 g/mol. The third-order valence-corrected chi connectivity index (χ3v) is 3.14. The van der Waals surface area contributed by atoms with Crippen molar-refractivity contribution >= 4 is 8.25 Å². The maximum Gasteiger partial charge on any atom is 0.320 e. The lowest BCUT2D eigenvalue weighted by molar-refractivity contribution is 0.0535. The number of hydrogen-bond donors (Lipinski definition) is 2. The SMILES string of the molecule is CC(C)(CN)O[PH](=O)OC(C)(C)CN. The largest absolute Gasteiger partial charge is 0.328 e. The van der Waals surface area contributed by atoms with Crippen LogP contribution in [-0.4, -0.2) is 24.3 Å². The van der Waals surface area contributed by atoms with E-state index in [4.69, 9.17) is 20.5 Å². The first-order valence-electron chi connectivity index (χ1n) is 4.54. The summed E-state index contributed by atoms with van der Waals surface area (Å²) in [7, 11) is -2.54. The molecule has 0 aromatic rings. The fourth-order valence-corrected chi connectivity index (χ4v) is 1.67. The van der Waals surface area contributed by atoms with Crippen molar-refractivity contribution in [2.45, 2.75) is 38.9 Å². The van der Waals surface area contributed by atoms with E-state index in [1.165, 1.54) is 0 Å². The highest BCUT2D eigenvalue weighted by Gasteiger charge is 2.25. The smallest absolute Gasteiger partial charge is 0.320 e. The van der Waals surface area contributed by atoms with Gasteiger partial charge in [-0.1, -0.05) is 0 Å². The van der Waals surface area contributed by atoms with Crippen LogP contribution in [0.15, 0.2) is 0 Å². The Balaban J connectivity index is 4.12. The van der Waals surface area contributed by atoms with Crippen molar-refractivity contribution in [3.05, 3.63) is 0 Å². The van der Waals surface area contributed by atoms with Gasteiger partial charge in [-0.3, -0.25) is 4.57 Å². The van der Waals surface area contributed by atoms with Crippen LogP contribution in [0.1, 0.15) is 27.7 Å². The lowest BCUT2D eigenvalue weighted by Gasteiger charge is -2.27. The highest BCUT2D eigenvalue weighted by Crippen LogP contribution is 2.35. The van der Waals surface area contributed by atoms with Gasteiger partial charge in [0.2, 0.25) is 0 Å². The molecule has 0 amide bonds. The lowest BCUT2D eigenvalue weighted by Crippen LogP contribution is -2.35. The molecule has 0 aliphatic heterocycles. The van der Waals surface area contributed by atoms with Crippen LogP contribution in [0.2, 0.25) is 0 Å². The van der Waals surface area contributed by atoms with E-state index in [1.807, 2.05) is 0 Å². The van der Waals surface area contributed by atoms with Crippen LogP contribution in [-0.2, 0) is 13.6 Å². The third-order valence-electron chi connectivity index (χ3n) is 1.70. The Morgan fingerprint density at radius 3 is 1.50 bits per heavy atom. The van der Waals surface area contributed by atoms with Crippen LogP contribution in [0.3, 0.4) is 0 Å². The predicted octanol–water partition coefficient (Wildman–Crippen LogP) is 0.884. The van der Waals surface area contributed by atoms with Gasteiger partial charge < -0.3 is 20.5 Å². The minimum Gasteiger partial charge on any atom is -0.328 e. The maximum absolute atomic E-state index is 11.4. The topological polar surface area (TPSA) is 87.6 Å². The molecule has 0 aliphatic rings. The summed E-state index contributed by atoms with van der Waals surface area (Å²) in [5.74, 6) is 0. The first-order valence-corrected chi connectivity index (χ1v) is 5.77. The molecule has 0 saturated carbocycles. The summed E-state index contributed by atoms with van der Waals surface area (Å²) in [5, 5.41) is 0. The third kappa shape index (κ3) is 5.73. The second kappa shape index (κ2) is 5.24. The van der Waals surface area contributed by atoms with Crippen molar-refractivity contribution in [1.29, 1.82) is 0 Å². The zero-order chi connectivity index (χ0) is 11.4. The minimum absolute atomic E-state index is 0.288. The molecule has 86 valence electrons. The summed E-state index contributed by atoms with van der Waals surface area (Å²) < 4.78 is 21.8. The molecule has 6 heteroatoms. The van der Waals surface area contributed by atoms with Crippen molar-refractivity contribution in [3.8, 4) is 0 Å². The maximum atomic E-state index is 11.4. The molecule has 14 heavy (non-hydrogen) atoms. The molecule has 0 aromatic heterocycles. The van der Waals surface area contributed by atoms with Crippen molar-refractivity contribution in [2.24, 2.45) is 11.5 Å². The molecule has 0 radical (unpaired) electrons. The van der Waals surface area contributed by atoms with Gasteiger partial charge in [-0.2, -0.15) is 0 Å². The molecule has 0 fully saturated rings. The van der Waals surface area contributed by atoms with Crippen LogP contribution in [0, 0.1) is 0 Å². The van der Waals surface area contributed by atoms with E-state index in [1.54, 1.807) is 27.7 Å². The molecule has 0 spiro atoms. The molecule has 0 atom stereocenters. The van der Waals surface area contributed by atoms with Gasteiger partial charge >= 0.3 is 8.25 Å². The summed E-state index contributed by atoms with van der Waals surface area (Å²) in [4.78, 5) is 0. The quantitative estimate of drug-likeness (QED) is 0.654. The van der Waals surface area contributed by atoms with Crippen molar-refractivity contribution in [2.75, 3.05) is 13.1 Å². The van der Waals surface area contributed by atoms with Crippen LogP contribution in [0.25, 0.3) is 0 Å². The van der Waals surface area contributed by atoms with Crippen LogP contribution in [0.5, 0.6) is 0 Å². The van der Waals surface area contributed by atoms with Gasteiger partial charge in [0.05, 0.1) is 11.2 Å². The van der Waals surface area contributed by atoms with Gasteiger partial charge in [-0.25, -0.2) is 0 Å². The average Bonchev–Trinajstić information content (AvgIpc) is 2.02. The van der Waals surface area contributed by atoms with Crippen LogP contribution >= 0.6 is 8.25 Å². The van der Waals surface area contributed by atoms with Crippen molar-refractivity contribution in [3.63, 3.8) is 0 Å². The average molecular weight is 224 g/mol. The van der Waals surface area contributed by atoms with Gasteiger partial charge in [0.1, 0.15) is 0 Å². The number of nitrogens with two attached hydrogens (primary N) is 2. The van der Waals surface area contributed by atoms with Crippen LogP contribution in [0.4, 0.5) is 0 Å². The zero-order valence-electron chi connectivity index (χ0n) is 9.29. The van der Waals surface area contributed by atoms with Gasteiger partial charge in [0.15, 0.2) is 0 Å². The molecule has 0 rings (SSSR count). The Morgan fingerprint density at radius 2 is 1.29 bits per heavy atom. The van der Waals surface area contributed by atoms with E-state index in [9.17, 15) is 4.57 Å². The predicted molar refractivity (Wildman–Crippen MR) is 57.4 cm³/mol. The fraction of sp³-hybridized carbons (Fsp3) is 1.00. The summed E-state index contributed by atoms with van der Waals surface area (Å²) >= 11 is 0. The van der Waals surface area contributed by atoms with Crippen molar-refractivity contribution in [1.82, 2.24) is 0 Å². The second-order valence-corrected chi connectivity index (χ2v) is 5.29. The molecule has 0 saturated heterocycles. The van der Waals surface area contributed by atoms with Gasteiger partial charge in [-0.05, 0) is 27.7 Å². The van der Waals surface area contributed by atoms with Gasteiger partial charge in [-0.15, -0.1) is 0 Å². The first-order chi connectivity index (χ1) is 6.22. The van der Waals surface area contributed by atoms with Gasteiger partial charge in [0, 0.05) is 13.1 Å². The van der Waals surface area contributed by atoms with E-state index in [2.05, 4.69) is 0 Å². The summed E-state index contributed by atoms with van der Waals surface area (Å²) in [6.07, 6.45) is 0. The summed E-state index contributed by atoms with van der Waals surface area (Å²) in [6.45, 7) is 7.61. The highest BCUT2D eigenvalue weighted by atomic mass is 31.1. The Morgan fingerprint density at radius 1 is 1.00 bits per heavy atom. The molecule has 0 bridgehead atoms. The molecule has 0 heterocycles. The minimum atomic E-state index is -2.54.